The van der Waals surface area contributed by atoms with Gasteiger partial charge in [-0.25, -0.2) is 4.79 Å². The first-order chi connectivity index (χ1) is 12.9. The summed E-state index contributed by atoms with van der Waals surface area (Å²) in [5, 5.41) is 3.51. The van der Waals surface area contributed by atoms with Crippen LogP contribution in [0.4, 0.5) is 0 Å². The number of hydrogen-bond donors (Lipinski definition) is 2. The molecular weight excluding hydrogens is 359 g/mol. The van der Waals surface area contributed by atoms with Gasteiger partial charge >= 0.3 is 13.1 Å². The molecule has 1 aliphatic heterocycles. The van der Waals surface area contributed by atoms with Gasteiger partial charge < -0.3 is 24.3 Å². The highest BCUT2D eigenvalue weighted by atomic mass is 16.7. The van der Waals surface area contributed by atoms with Gasteiger partial charge in [-0.2, -0.15) is 0 Å². The minimum Gasteiger partial charge on any atom is -0.467 e. The Labute approximate surface area is 165 Å². The maximum atomic E-state index is 12.5. The Balaban J connectivity index is 2.08. The molecule has 1 aromatic carbocycles. The summed E-state index contributed by atoms with van der Waals surface area (Å²) in [5.41, 5.74) is 0.0443. The molecule has 0 saturated carbocycles. The van der Waals surface area contributed by atoms with E-state index in [4.69, 9.17) is 14.0 Å². The van der Waals surface area contributed by atoms with E-state index in [-0.39, 0.29) is 5.91 Å². The van der Waals surface area contributed by atoms with Gasteiger partial charge in [-0.05, 0) is 46.1 Å². The molecule has 8 heteroatoms. The summed E-state index contributed by atoms with van der Waals surface area (Å²) < 4.78 is 17.2. The van der Waals surface area contributed by atoms with E-state index in [9.17, 15) is 9.59 Å². The molecule has 2 aromatic rings. The summed E-state index contributed by atoms with van der Waals surface area (Å²) in [6, 6.07) is 5.76. The molecule has 1 amide bonds. The molecule has 1 aromatic heterocycles. The molecule has 2 heterocycles. The Morgan fingerprint density at radius 3 is 2.32 bits per heavy atom. The van der Waals surface area contributed by atoms with Crippen molar-refractivity contribution in [2.24, 2.45) is 0 Å². The van der Waals surface area contributed by atoms with E-state index in [2.05, 4.69) is 10.3 Å². The molecule has 0 radical (unpaired) electrons. The molecule has 1 atom stereocenters. The number of rotatable bonds is 4. The highest BCUT2D eigenvalue weighted by Crippen LogP contribution is 2.37. The summed E-state index contributed by atoms with van der Waals surface area (Å²) in [5.74, 6) is -0.881. The lowest BCUT2D eigenvalue weighted by Crippen LogP contribution is -2.49. The fourth-order valence-electron chi connectivity index (χ4n) is 3.46. The van der Waals surface area contributed by atoms with Gasteiger partial charge in [0.25, 0.3) is 0 Å². The van der Waals surface area contributed by atoms with Crippen LogP contribution in [0.1, 0.15) is 47.1 Å². The average molecular weight is 386 g/mol. The van der Waals surface area contributed by atoms with Crippen molar-refractivity contribution in [3.05, 3.63) is 30.0 Å². The number of esters is 1. The Hall–Kier alpha value is -2.32. The number of carbonyl (C=O) groups is 2. The minimum atomic E-state index is -1.33. The Bertz CT molecular complexity index is 920. The van der Waals surface area contributed by atoms with Crippen LogP contribution in [0.3, 0.4) is 0 Å². The van der Waals surface area contributed by atoms with Gasteiger partial charge in [0.15, 0.2) is 5.54 Å². The van der Waals surface area contributed by atoms with Crippen LogP contribution in [0, 0.1) is 0 Å². The monoisotopic (exact) mass is 386 g/mol. The molecule has 1 fully saturated rings. The minimum absolute atomic E-state index is 0.329. The predicted molar refractivity (Wildman–Crippen MR) is 107 cm³/mol. The van der Waals surface area contributed by atoms with Gasteiger partial charge in [-0.1, -0.05) is 12.1 Å². The number of fused-ring (bicyclic) bond motifs is 1. The van der Waals surface area contributed by atoms with Crippen molar-refractivity contribution in [3.8, 4) is 0 Å². The van der Waals surface area contributed by atoms with Crippen LogP contribution in [-0.2, 0) is 29.2 Å². The number of methoxy groups -OCH3 is 1. The average Bonchev–Trinajstić information content (AvgIpc) is 3.11. The Morgan fingerprint density at radius 2 is 1.79 bits per heavy atom. The summed E-state index contributed by atoms with van der Waals surface area (Å²) in [7, 11) is 0.773. The van der Waals surface area contributed by atoms with Crippen LogP contribution in [0.5, 0.6) is 0 Å². The van der Waals surface area contributed by atoms with Gasteiger partial charge in [-0.3, -0.25) is 4.79 Å². The number of amides is 1. The van der Waals surface area contributed by atoms with Gasteiger partial charge in [0.1, 0.15) is 0 Å². The third kappa shape index (κ3) is 3.20. The first kappa shape index (κ1) is 20.4. The quantitative estimate of drug-likeness (QED) is 0.620. The van der Waals surface area contributed by atoms with Crippen LogP contribution in [0.2, 0.25) is 0 Å². The lowest BCUT2D eigenvalue weighted by atomic mass is 9.78. The molecule has 2 N–H and O–H groups in total. The zero-order valence-electron chi connectivity index (χ0n) is 17.4. The van der Waals surface area contributed by atoms with Crippen LogP contribution in [-0.4, -0.2) is 42.3 Å². The van der Waals surface area contributed by atoms with E-state index in [1.807, 2.05) is 45.9 Å². The predicted octanol–water partition coefficient (Wildman–Crippen LogP) is 1.99. The molecule has 0 bridgehead atoms. The standard InChI is InChI=1S/C20H27BN2O5/c1-12(24)23-20(6,17(25)26-7)15-11-22-16-9-8-13(10-14(15)16)21-27-18(2,3)19(4,5)28-21/h8-11,22H,1-7H3,(H,23,24). The lowest BCUT2D eigenvalue weighted by Gasteiger charge is -2.32. The Morgan fingerprint density at radius 1 is 1.18 bits per heavy atom. The molecule has 7 nitrogen and oxygen atoms in total. The summed E-state index contributed by atoms with van der Waals surface area (Å²) in [6.45, 7) is 11.0. The van der Waals surface area contributed by atoms with E-state index in [1.165, 1.54) is 14.0 Å². The number of nitrogens with one attached hydrogen (secondary N) is 2. The van der Waals surface area contributed by atoms with Gasteiger partial charge in [-0.15, -0.1) is 0 Å². The smallest absolute Gasteiger partial charge is 0.467 e. The van der Waals surface area contributed by atoms with E-state index >= 15 is 0 Å². The summed E-state index contributed by atoms with van der Waals surface area (Å²) in [4.78, 5) is 27.4. The zero-order chi connectivity index (χ0) is 20.9. The molecule has 0 spiro atoms. The second kappa shape index (κ2) is 6.63. The number of hydrogen-bond acceptors (Lipinski definition) is 5. The fourth-order valence-corrected chi connectivity index (χ4v) is 3.46. The molecule has 0 aliphatic carbocycles. The van der Waals surface area contributed by atoms with Gasteiger partial charge in [0, 0.05) is 29.6 Å². The van der Waals surface area contributed by atoms with Crippen LogP contribution >= 0.6 is 0 Å². The first-order valence-corrected chi connectivity index (χ1v) is 9.25. The number of benzene rings is 1. The number of aromatic amines is 1. The molecule has 1 aliphatic rings. The Kier molecular flexibility index (Phi) is 4.84. The molecule has 150 valence electrons. The second-order valence-electron chi connectivity index (χ2n) is 8.39. The van der Waals surface area contributed by atoms with Crippen molar-refractivity contribution in [3.63, 3.8) is 0 Å². The summed E-state index contributed by atoms with van der Waals surface area (Å²) in [6.07, 6.45) is 1.71. The van der Waals surface area contributed by atoms with Crippen molar-refractivity contribution < 1.29 is 23.6 Å². The van der Waals surface area contributed by atoms with Crippen molar-refractivity contribution >= 4 is 35.4 Å². The molecule has 3 rings (SSSR count). The van der Waals surface area contributed by atoms with E-state index < -0.39 is 29.8 Å². The topological polar surface area (TPSA) is 89.7 Å². The van der Waals surface area contributed by atoms with Gasteiger partial charge in [0.05, 0.1) is 18.3 Å². The third-order valence-corrected chi connectivity index (χ3v) is 5.79. The molecular formula is C20H27BN2O5. The maximum absolute atomic E-state index is 12.5. The normalized spacial score (nSPS) is 20.0. The van der Waals surface area contributed by atoms with Crippen molar-refractivity contribution in [2.45, 2.75) is 58.3 Å². The van der Waals surface area contributed by atoms with E-state index in [0.29, 0.717) is 5.56 Å². The number of aromatic nitrogens is 1. The van der Waals surface area contributed by atoms with E-state index in [0.717, 1.165) is 16.4 Å². The van der Waals surface area contributed by atoms with Crippen molar-refractivity contribution in [2.75, 3.05) is 7.11 Å². The maximum Gasteiger partial charge on any atom is 0.494 e. The fraction of sp³-hybridized carbons (Fsp3) is 0.500. The van der Waals surface area contributed by atoms with Gasteiger partial charge in [0.2, 0.25) is 5.91 Å². The third-order valence-electron chi connectivity index (χ3n) is 5.79. The zero-order valence-corrected chi connectivity index (χ0v) is 17.4. The first-order valence-electron chi connectivity index (χ1n) is 9.25. The SMILES string of the molecule is COC(=O)C(C)(NC(C)=O)c1c[nH]c2ccc(B3OC(C)(C)C(C)(C)O3)cc12. The number of H-pyrrole nitrogens is 1. The highest BCUT2D eigenvalue weighted by molar-refractivity contribution is 6.62. The van der Waals surface area contributed by atoms with Crippen molar-refractivity contribution in [1.82, 2.24) is 10.3 Å². The van der Waals surface area contributed by atoms with Crippen LogP contribution < -0.4 is 10.8 Å². The summed E-state index contributed by atoms with van der Waals surface area (Å²) >= 11 is 0. The second-order valence-corrected chi connectivity index (χ2v) is 8.39. The molecule has 28 heavy (non-hydrogen) atoms. The number of carbonyl (C=O) groups excluding carboxylic acids is 2. The lowest BCUT2D eigenvalue weighted by molar-refractivity contribution is -0.150. The number of ether oxygens (including phenoxy) is 1. The van der Waals surface area contributed by atoms with Crippen LogP contribution in [0.15, 0.2) is 24.4 Å². The largest absolute Gasteiger partial charge is 0.494 e. The molecule has 1 unspecified atom stereocenters. The highest BCUT2D eigenvalue weighted by Gasteiger charge is 2.51. The van der Waals surface area contributed by atoms with E-state index in [1.54, 1.807) is 13.1 Å². The van der Waals surface area contributed by atoms with Crippen molar-refractivity contribution in [1.29, 1.82) is 0 Å². The van der Waals surface area contributed by atoms with Crippen LogP contribution in [0.25, 0.3) is 10.9 Å². The molecule has 1 saturated heterocycles.